The Hall–Kier alpha value is -3.09. The quantitative estimate of drug-likeness (QED) is 0.754. The molecule has 0 aliphatic carbocycles. The van der Waals surface area contributed by atoms with Gasteiger partial charge in [-0.25, -0.2) is 4.39 Å². The molecular weight excluding hydrogens is 387 g/mol. The number of rotatable bonds is 5. The predicted octanol–water partition coefficient (Wildman–Crippen LogP) is 3.56. The second-order valence-corrected chi connectivity index (χ2v) is 7.66. The molecule has 0 radical (unpaired) electrons. The molecule has 0 saturated carbocycles. The van der Waals surface area contributed by atoms with E-state index in [-0.39, 0.29) is 36.5 Å². The normalized spacial score (nSPS) is 21.2. The zero-order chi connectivity index (χ0) is 21.3. The van der Waals surface area contributed by atoms with Crippen molar-refractivity contribution in [3.05, 3.63) is 53.8 Å². The second kappa shape index (κ2) is 8.34. The van der Waals surface area contributed by atoms with Gasteiger partial charge in [-0.05, 0) is 42.7 Å². The van der Waals surface area contributed by atoms with Gasteiger partial charge in [-0.15, -0.1) is 0 Å². The number of halogens is 1. The molecule has 4 rings (SSSR count). The molecule has 7 heteroatoms. The van der Waals surface area contributed by atoms with Crippen LogP contribution in [0.5, 0.6) is 11.5 Å². The van der Waals surface area contributed by atoms with Crippen molar-refractivity contribution in [1.29, 1.82) is 0 Å². The number of carbonyl (C=O) groups is 2. The van der Waals surface area contributed by atoms with Gasteiger partial charge in [0.1, 0.15) is 5.82 Å². The number of ether oxygens (including phenoxy) is 2. The fourth-order valence-electron chi connectivity index (χ4n) is 4.45. The zero-order valence-electron chi connectivity index (χ0n) is 17.1. The third kappa shape index (κ3) is 3.60. The van der Waals surface area contributed by atoms with Crippen LogP contribution in [0.25, 0.3) is 0 Å². The fourth-order valence-corrected chi connectivity index (χ4v) is 4.45. The highest BCUT2D eigenvalue weighted by molar-refractivity contribution is 6.00. The lowest BCUT2D eigenvalue weighted by Crippen LogP contribution is -2.37. The molecule has 0 N–H and O–H groups in total. The highest BCUT2D eigenvalue weighted by atomic mass is 19.1. The van der Waals surface area contributed by atoms with Crippen LogP contribution in [0.15, 0.2) is 42.5 Å². The highest BCUT2D eigenvalue weighted by Gasteiger charge is 2.41. The van der Waals surface area contributed by atoms with Crippen molar-refractivity contribution in [3.8, 4) is 11.5 Å². The third-order valence-corrected chi connectivity index (χ3v) is 5.95. The molecule has 2 aliphatic heterocycles. The van der Waals surface area contributed by atoms with Gasteiger partial charge in [-0.1, -0.05) is 18.2 Å². The van der Waals surface area contributed by atoms with E-state index in [0.717, 1.165) is 18.4 Å². The van der Waals surface area contributed by atoms with Gasteiger partial charge in [0.25, 0.3) is 0 Å². The summed E-state index contributed by atoms with van der Waals surface area (Å²) < 4.78 is 24.9. The van der Waals surface area contributed by atoms with E-state index in [0.29, 0.717) is 18.0 Å². The van der Waals surface area contributed by atoms with Crippen LogP contribution in [-0.2, 0) is 9.59 Å². The molecule has 2 aliphatic rings. The Bertz CT molecular complexity index is 964. The molecule has 2 heterocycles. The highest BCUT2D eigenvalue weighted by Crippen LogP contribution is 2.38. The number of benzene rings is 2. The van der Waals surface area contributed by atoms with Crippen molar-refractivity contribution in [3.63, 3.8) is 0 Å². The van der Waals surface area contributed by atoms with Crippen LogP contribution < -0.4 is 14.4 Å². The van der Waals surface area contributed by atoms with Crippen LogP contribution >= 0.6 is 0 Å². The summed E-state index contributed by atoms with van der Waals surface area (Å²) in [4.78, 5) is 29.1. The molecule has 158 valence electrons. The first-order valence-electron chi connectivity index (χ1n) is 10.1. The van der Waals surface area contributed by atoms with Crippen molar-refractivity contribution in [2.75, 3.05) is 32.2 Å². The van der Waals surface area contributed by atoms with Crippen molar-refractivity contribution in [2.24, 2.45) is 5.92 Å². The van der Waals surface area contributed by atoms with Crippen LogP contribution in [0, 0.1) is 11.7 Å². The Labute approximate surface area is 175 Å². The molecule has 6 nitrogen and oxygen atoms in total. The average molecular weight is 412 g/mol. The number of nitrogens with zero attached hydrogens (tertiary/aromatic N) is 2. The Kier molecular flexibility index (Phi) is 5.61. The maximum Gasteiger partial charge on any atom is 0.228 e. The summed E-state index contributed by atoms with van der Waals surface area (Å²) in [5.41, 5.74) is 1.21. The molecule has 0 unspecified atom stereocenters. The minimum Gasteiger partial charge on any atom is -0.493 e. The topological polar surface area (TPSA) is 59.1 Å². The number of para-hydroxylation sites is 1. The first-order valence-corrected chi connectivity index (χ1v) is 10.1. The summed E-state index contributed by atoms with van der Waals surface area (Å²) >= 11 is 0. The molecule has 2 atom stereocenters. The van der Waals surface area contributed by atoms with Gasteiger partial charge in [0.2, 0.25) is 11.8 Å². The van der Waals surface area contributed by atoms with Gasteiger partial charge in [0, 0.05) is 19.5 Å². The number of likely N-dealkylation sites (tertiary alicyclic amines) is 1. The number of methoxy groups -OCH3 is 2. The molecular formula is C23H25FN2O4. The van der Waals surface area contributed by atoms with Gasteiger partial charge >= 0.3 is 0 Å². The van der Waals surface area contributed by atoms with Crippen molar-refractivity contribution in [2.45, 2.75) is 25.3 Å². The molecule has 2 fully saturated rings. The Balaban J connectivity index is 1.53. The molecule has 2 aromatic carbocycles. The number of hydrogen-bond donors (Lipinski definition) is 0. The summed E-state index contributed by atoms with van der Waals surface area (Å²) in [6, 6.07) is 11.8. The fraction of sp³-hybridized carbons (Fsp3) is 0.391. The smallest absolute Gasteiger partial charge is 0.228 e. The lowest BCUT2D eigenvalue weighted by Gasteiger charge is -2.28. The van der Waals surface area contributed by atoms with Gasteiger partial charge in [0.15, 0.2) is 11.5 Å². The van der Waals surface area contributed by atoms with E-state index in [9.17, 15) is 14.0 Å². The lowest BCUT2D eigenvalue weighted by molar-refractivity contribution is -0.136. The van der Waals surface area contributed by atoms with Gasteiger partial charge in [-0.3, -0.25) is 9.59 Å². The first kappa shape index (κ1) is 20.2. The molecule has 0 aromatic heterocycles. The molecule has 2 amide bonds. The van der Waals surface area contributed by atoms with E-state index in [1.54, 1.807) is 32.4 Å². The maximum absolute atomic E-state index is 14.1. The Morgan fingerprint density at radius 3 is 2.60 bits per heavy atom. The standard InChI is InChI=1S/C23H25FN2O4/c1-29-20-10-9-15(12-21(20)30-2)18-8-5-11-25(18)23(28)16-13-22(27)26(14-16)19-7-4-3-6-17(19)24/h3-4,6-7,9-10,12,16,18H,5,8,11,13-14H2,1-2H3/t16-,18-/m0/s1. The molecule has 2 aromatic rings. The minimum absolute atomic E-state index is 0.0560. The minimum atomic E-state index is -0.474. The van der Waals surface area contributed by atoms with E-state index in [1.165, 1.54) is 11.0 Å². The maximum atomic E-state index is 14.1. The second-order valence-electron chi connectivity index (χ2n) is 7.66. The summed E-state index contributed by atoms with van der Waals surface area (Å²) in [7, 11) is 3.17. The Morgan fingerprint density at radius 1 is 1.10 bits per heavy atom. The van der Waals surface area contributed by atoms with Crippen LogP contribution in [0.1, 0.15) is 30.9 Å². The summed E-state index contributed by atoms with van der Waals surface area (Å²) in [5.74, 6) is 0.0519. The van der Waals surface area contributed by atoms with Crippen LogP contribution in [0.2, 0.25) is 0 Å². The summed E-state index contributed by atoms with van der Waals surface area (Å²) in [5, 5.41) is 0. The number of hydrogen-bond acceptors (Lipinski definition) is 4. The van der Waals surface area contributed by atoms with Crippen molar-refractivity contribution in [1.82, 2.24) is 4.90 Å². The van der Waals surface area contributed by atoms with E-state index in [1.807, 2.05) is 23.1 Å². The number of anilines is 1. The molecule has 30 heavy (non-hydrogen) atoms. The molecule has 0 spiro atoms. The largest absolute Gasteiger partial charge is 0.493 e. The SMILES string of the molecule is COc1ccc([C@@H]2CCCN2C(=O)[C@H]2CC(=O)N(c3ccccc3F)C2)cc1OC. The number of carbonyl (C=O) groups excluding carboxylic acids is 2. The van der Waals surface area contributed by atoms with Crippen LogP contribution in [-0.4, -0.2) is 44.0 Å². The third-order valence-electron chi connectivity index (χ3n) is 5.95. The monoisotopic (exact) mass is 412 g/mol. The van der Waals surface area contributed by atoms with Crippen LogP contribution in [0.4, 0.5) is 10.1 Å². The molecule has 2 saturated heterocycles. The lowest BCUT2D eigenvalue weighted by atomic mass is 10.0. The van der Waals surface area contributed by atoms with Crippen molar-refractivity contribution < 1.29 is 23.5 Å². The van der Waals surface area contributed by atoms with Gasteiger partial charge < -0.3 is 19.3 Å². The summed E-state index contributed by atoms with van der Waals surface area (Å²) in [6.07, 6.45) is 1.84. The summed E-state index contributed by atoms with van der Waals surface area (Å²) in [6.45, 7) is 0.843. The van der Waals surface area contributed by atoms with Crippen molar-refractivity contribution >= 4 is 17.5 Å². The van der Waals surface area contributed by atoms with E-state index < -0.39 is 11.7 Å². The zero-order valence-corrected chi connectivity index (χ0v) is 17.1. The molecule has 0 bridgehead atoms. The average Bonchev–Trinajstić information content (AvgIpc) is 3.40. The Morgan fingerprint density at radius 2 is 1.87 bits per heavy atom. The first-order chi connectivity index (χ1) is 14.5. The van der Waals surface area contributed by atoms with Gasteiger partial charge in [0.05, 0.1) is 31.9 Å². The van der Waals surface area contributed by atoms with Gasteiger partial charge in [-0.2, -0.15) is 0 Å². The van der Waals surface area contributed by atoms with Crippen LogP contribution in [0.3, 0.4) is 0 Å². The van der Waals surface area contributed by atoms with E-state index >= 15 is 0 Å². The van der Waals surface area contributed by atoms with E-state index in [2.05, 4.69) is 0 Å². The number of amides is 2. The van der Waals surface area contributed by atoms with E-state index in [4.69, 9.17) is 9.47 Å². The predicted molar refractivity (Wildman–Crippen MR) is 110 cm³/mol.